The molecule has 0 bridgehead atoms. The topological polar surface area (TPSA) is 102 Å². The molecule has 45 heavy (non-hydrogen) atoms. The van der Waals surface area contributed by atoms with Crippen LogP contribution in [0, 0.1) is 0 Å². The Morgan fingerprint density at radius 2 is 1.69 bits per heavy atom. The third kappa shape index (κ3) is 6.29. The molecule has 5 aromatic rings. The number of anilines is 1. The largest absolute Gasteiger partial charge is 0.507 e. The molecule has 8 nitrogen and oxygen atoms in total. The molecule has 4 aromatic carbocycles. The number of thioether (sulfide) groups is 1. The Morgan fingerprint density at radius 3 is 2.49 bits per heavy atom. The first-order valence-corrected chi connectivity index (χ1v) is 16.5. The molecule has 1 aliphatic heterocycles. The number of hydrogen-bond donors (Lipinski definition) is 1. The van der Waals surface area contributed by atoms with E-state index in [1.54, 1.807) is 30.3 Å². The van der Waals surface area contributed by atoms with Crippen LogP contribution in [0.5, 0.6) is 11.5 Å². The molecule has 0 saturated carbocycles. The first-order valence-electron chi connectivity index (χ1n) is 14.7. The second-order valence-corrected chi connectivity index (χ2v) is 12.5. The quantitative estimate of drug-likeness (QED) is 0.0515. The summed E-state index contributed by atoms with van der Waals surface area (Å²) in [6.45, 7) is 4.91. The molecule has 2 heterocycles. The number of amides is 1. The summed E-state index contributed by atoms with van der Waals surface area (Å²) in [6.07, 6.45) is 0.824. The summed E-state index contributed by atoms with van der Waals surface area (Å²) in [6, 6.07) is 27.5. The Kier molecular flexibility index (Phi) is 9.13. The number of aliphatic hydroxyl groups excluding tert-OH is 1. The zero-order valence-corrected chi connectivity index (χ0v) is 26.4. The molecule has 10 heteroatoms. The average Bonchev–Trinajstić information content (AvgIpc) is 3.64. The van der Waals surface area contributed by atoms with Gasteiger partial charge >= 0.3 is 5.91 Å². The highest BCUT2D eigenvalue weighted by Gasteiger charge is 2.48. The molecule has 1 atom stereocenters. The summed E-state index contributed by atoms with van der Waals surface area (Å²) in [7, 11) is 0. The van der Waals surface area contributed by atoms with Crippen LogP contribution in [0.15, 0.2) is 101 Å². The number of benzene rings is 4. The predicted octanol–water partition coefficient (Wildman–Crippen LogP) is 7.80. The molecule has 0 aliphatic carbocycles. The number of carbonyl (C=O) groups excluding carboxylic acids is 2. The van der Waals surface area contributed by atoms with E-state index < -0.39 is 17.7 Å². The minimum Gasteiger partial charge on any atom is -0.507 e. The van der Waals surface area contributed by atoms with Crippen LogP contribution in [0.3, 0.4) is 0 Å². The number of carbonyl (C=O) groups is 2. The fraction of sp³-hybridized carbons (Fsp3) is 0.200. The zero-order chi connectivity index (χ0) is 31.3. The number of ether oxygens (including phenoxy) is 2. The van der Waals surface area contributed by atoms with E-state index in [0.717, 1.165) is 17.4 Å². The lowest BCUT2D eigenvalue weighted by molar-refractivity contribution is -0.132. The highest BCUT2D eigenvalue weighted by atomic mass is 32.2. The molecular formula is C35H31N3O5S2. The Hall–Kier alpha value is -4.67. The summed E-state index contributed by atoms with van der Waals surface area (Å²) in [5.74, 6) is 0.0328. The number of Topliss-reactive ketones (excluding diaryl/α,β-unsaturated/α-hetero) is 1. The summed E-state index contributed by atoms with van der Waals surface area (Å²) >= 11 is 2.75. The summed E-state index contributed by atoms with van der Waals surface area (Å²) in [5.41, 5.74) is 2.13. The predicted molar refractivity (Wildman–Crippen MR) is 178 cm³/mol. The summed E-state index contributed by atoms with van der Waals surface area (Å²) in [5, 5.41) is 22.8. The fourth-order valence-electron chi connectivity index (χ4n) is 5.29. The molecule has 1 N–H and O–H groups in total. The van der Waals surface area contributed by atoms with Gasteiger partial charge < -0.3 is 14.6 Å². The van der Waals surface area contributed by atoms with Gasteiger partial charge in [-0.3, -0.25) is 14.5 Å². The van der Waals surface area contributed by atoms with Crippen LogP contribution >= 0.6 is 23.1 Å². The number of nitrogens with zero attached hydrogens (tertiary/aromatic N) is 3. The van der Waals surface area contributed by atoms with E-state index in [1.807, 2.05) is 50.2 Å². The maximum absolute atomic E-state index is 13.7. The van der Waals surface area contributed by atoms with Crippen LogP contribution in [-0.4, -0.2) is 40.2 Å². The van der Waals surface area contributed by atoms with Gasteiger partial charge in [-0.2, -0.15) is 0 Å². The Labute approximate surface area is 269 Å². The number of rotatable bonds is 11. The van der Waals surface area contributed by atoms with Crippen molar-refractivity contribution in [1.82, 2.24) is 10.2 Å². The van der Waals surface area contributed by atoms with E-state index in [9.17, 15) is 14.7 Å². The number of fused-ring (bicyclic) bond motifs is 1. The standard InChI is InChI=1S/C35H31N3O5S2/c1-3-19-43-27-13-8-11-24(20-27)30-29(31(39)23-15-17-26(18-16-23)42-4-2)32(40)33(41)38(30)34-36-37-35(45-34)44-21-25-12-7-10-22-9-5-6-14-28(22)25/h5-18,20,30,39H,3-4,19,21H2,1-2H3/b31-29+. The lowest BCUT2D eigenvalue weighted by atomic mass is 9.95. The van der Waals surface area contributed by atoms with Crippen molar-refractivity contribution in [2.24, 2.45) is 0 Å². The first kappa shape index (κ1) is 30.4. The minimum atomic E-state index is -0.939. The van der Waals surface area contributed by atoms with Gasteiger partial charge in [0, 0.05) is 11.3 Å². The molecular weight excluding hydrogens is 607 g/mol. The van der Waals surface area contributed by atoms with Crippen molar-refractivity contribution in [2.45, 2.75) is 36.4 Å². The fourth-order valence-corrected chi connectivity index (χ4v) is 7.16. The van der Waals surface area contributed by atoms with Gasteiger partial charge in [-0.1, -0.05) is 84.6 Å². The molecule has 1 amide bonds. The van der Waals surface area contributed by atoms with E-state index in [2.05, 4.69) is 34.5 Å². The van der Waals surface area contributed by atoms with Gasteiger partial charge in [-0.15, -0.1) is 10.2 Å². The van der Waals surface area contributed by atoms with Crippen molar-refractivity contribution in [2.75, 3.05) is 18.1 Å². The van der Waals surface area contributed by atoms with Crippen LogP contribution < -0.4 is 14.4 Å². The minimum absolute atomic E-state index is 0.0306. The number of aromatic nitrogens is 2. The molecule has 1 unspecified atom stereocenters. The molecule has 6 rings (SSSR count). The first-order chi connectivity index (χ1) is 22.0. The third-order valence-electron chi connectivity index (χ3n) is 7.36. The Balaban J connectivity index is 1.37. The van der Waals surface area contributed by atoms with Crippen LogP contribution in [0.25, 0.3) is 16.5 Å². The van der Waals surface area contributed by atoms with Crippen LogP contribution in [-0.2, 0) is 15.3 Å². The second-order valence-electron chi connectivity index (χ2n) is 10.3. The normalized spacial score (nSPS) is 16.0. The van der Waals surface area contributed by atoms with E-state index in [1.165, 1.54) is 33.4 Å². The molecule has 0 spiro atoms. The van der Waals surface area contributed by atoms with Crippen LogP contribution in [0.4, 0.5) is 5.13 Å². The lowest BCUT2D eigenvalue weighted by Crippen LogP contribution is -2.29. The van der Waals surface area contributed by atoms with Crippen molar-refractivity contribution in [3.63, 3.8) is 0 Å². The molecule has 1 aromatic heterocycles. The van der Waals surface area contributed by atoms with E-state index in [-0.39, 0.29) is 16.5 Å². The molecule has 1 aliphatic rings. The lowest BCUT2D eigenvalue weighted by Gasteiger charge is -2.23. The Bertz CT molecular complexity index is 1880. The van der Waals surface area contributed by atoms with Crippen molar-refractivity contribution in [3.05, 3.63) is 113 Å². The maximum atomic E-state index is 13.7. The molecule has 1 saturated heterocycles. The molecule has 1 fully saturated rings. The van der Waals surface area contributed by atoms with Gasteiger partial charge in [0.2, 0.25) is 5.13 Å². The SMILES string of the molecule is CCCOc1cccc(C2/C(=C(\O)c3ccc(OCC)cc3)C(=O)C(=O)N2c2nnc(SCc3cccc4ccccc34)s2)c1. The smallest absolute Gasteiger partial charge is 0.301 e. The highest BCUT2D eigenvalue weighted by Crippen LogP contribution is 2.45. The molecule has 228 valence electrons. The van der Waals surface area contributed by atoms with Gasteiger partial charge in [0.15, 0.2) is 4.34 Å². The van der Waals surface area contributed by atoms with Crippen LogP contribution in [0.1, 0.15) is 43.0 Å². The molecule has 0 radical (unpaired) electrons. The zero-order valence-electron chi connectivity index (χ0n) is 24.8. The van der Waals surface area contributed by atoms with Crippen molar-refractivity contribution >= 4 is 56.5 Å². The summed E-state index contributed by atoms with van der Waals surface area (Å²) < 4.78 is 12.1. The average molecular weight is 638 g/mol. The number of aliphatic hydroxyl groups is 1. The third-order valence-corrected chi connectivity index (χ3v) is 9.47. The highest BCUT2D eigenvalue weighted by molar-refractivity contribution is 8.00. The van der Waals surface area contributed by atoms with Crippen LogP contribution in [0.2, 0.25) is 0 Å². The van der Waals surface area contributed by atoms with Gasteiger partial charge in [-0.05, 0) is 71.6 Å². The van der Waals surface area contributed by atoms with E-state index >= 15 is 0 Å². The summed E-state index contributed by atoms with van der Waals surface area (Å²) in [4.78, 5) is 28.7. The maximum Gasteiger partial charge on any atom is 0.301 e. The van der Waals surface area contributed by atoms with Crippen molar-refractivity contribution < 1.29 is 24.2 Å². The van der Waals surface area contributed by atoms with Crippen molar-refractivity contribution in [3.8, 4) is 11.5 Å². The van der Waals surface area contributed by atoms with E-state index in [0.29, 0.717) is 45.9 Å². The Morgan fingerprint density at radius 1 is 0.911 bits per heavy atom. The monoisotopic (exact) mass is 637 g/mol. The van der Waals surface area contributed by atoms with Gasteiger partial charge in [0.05, 0.1) is 24.8 Å². The van der Waals surface area contributed by atoms with Crippen molar-refractivity contribution in [1.29, 1.82) is 0 Å². The van der Waals surface area contributed by atoms with Gasteiger partial charge in [-0.25, -0.2) is 0 Å². The second kappa shape index (κ2) is 13.5. The number of ketones is 1. The van der Waals surface area contributed by atoms with Gasteiger partial charge in [0.1, 0.15) is 17.3 Å². The van der Waals surface area contributed by atoms with Gasteiger partial charge in [0.25, 0.3) is 5.78 Å². The van der Waals surface area contributed by atoms with E-state index in [4.69, 9.17) is 9.47 Å². The number of hydrogen-bond acceptors (Lipinski definition) is 9.